The van der Waals surface area contributed by atoms with E-state index < -0.39 is 22.8 Å². The molecule has 126 valence electrons. The van der Waals surface area contributed by atoms with Crippen LogP contribution in [0, 0.1) is 15.9 Å². The van der Waals surface area contributed by atoms with Crippen LogP contribution < -0.4 is 10.1 Å². The molecule has 0 aliphatic carbocycles. The average molecular weight is 334 g/mol. The van der Waals surface area contributed by atoms with Crippen LogP contribution in [0.4, 0.5) is 10.1 Å². The molecule has 0 saturated heterocycles. The van der Waals surface area contributed by atoms with Crippen LogP contribution in [-0.4, -0.2) is 28.6 Å². The van der Waals surface area contributed by atoms with Crippen LogP contribution in [0.3, 0.4) is 0 Å². The van der Waals surface area contributed by atoms with Gasteiger partial charge in [-0.3, -0.25) is 14.9 Å². The predicted molar refractivity (Wildman–Crippen MR) is 83.6 cm³/mol. The largest absolute Gasteiger partial charge is 0.454 e. The second-order valence-electron chi connectivity index (χ2n) is 5.06. The summed E-state index contributed by atoms with van der Waals surface area (Å²) in [6, 6.07) is 9.04. The minimum Gasteiger partial charge on any atom is -0.454 e. The Kier molecular flexibility index (Phi) is 5.43. The molecular weight excluding hydrogens is 319 g/mol. The second kappa shape index (κ2) is 7.51. The van der Waals surface area contributed by atoms with Gasteiger partial charge >= 0.3 is 0 Å². The lowest BCUT2D eigenvalue weighted by atomic mass is 10.2. The highest BCUT2D eigenvalue weighted by Gasteiger charge is 2.13. The number of aliphatic hydroxyl groups is 1. The van der Waals surface area contributed by atoms with E-state index in [2.05, 4.69) is 5.32 Å². The molecule has 0 heterocycles. The zero-order valence-corrected chi connectivity index (χ0v) is 12.7. The van der Waals surface area contributed by atoms with Crippen LogP contribution in [0.1, 0.15) is 17.3 Å². The summed E-state index contributed by atoms with van der Waals surface area (Å²) < 4.78 is 19.2. The maximum Gasteiger partial charge on any atom is 0.272 e. The lowest BCUT2D eigenvalue weighted by molar-refractivity contribution is -0.385. The first kappa shape index (κ1) is 17.4. The lowest BCUT2D eigenvalue weighted by Gasteiger charge is -2.10. The molecule has 2 N–H and O–H groups in total. The summed E-state index contributed by atoms with van der Waals surface area (Å²) in [5.41, 5.74) is -0.110. The van der Waals surface area contributed by atoms with Gasteiger partial charge in [0.15, 0.2) is 11.6 Å². The van der Waals surface area contributed by atoms with Gasteiger partial charge < -0.3 is 15.2 Å². The number of benzene rings is 2. The van der Waals surface area contributed by atoms with Crippen molar-refractivity contribution in [3.63, 3.8) is 0 Å². The van der Waals surface area contributed by atoms with Gasteiger partial charge in [-0.25, -0.2) is 4.39 Å². The maximum atomic E-state index is 13.8. The Hall–Kier alpha value is -3.00. The van der Waals surface area contributed by atoms with Gasteiger partial charge in [-0.05, 0) is 31.2 Å². The molecule has 0 spiro atoms. The van der Waals surface area contributed by atoms with Crippen molar-refractivity contribution in [1.82, 2.24) is 5.32 Å². The third-order valence-electron chi connectivity index (χ3n) is 3.01. The van der Waals surface area contributed by atoms with Crippen LogP contribution in [0.2, 0.25) is 0 Å². The van der Waals surface area contributed by atoms with Gasteiger partial charge in [-0.1, -0.05) is 6.07 Å². The van der Waals surface area contributed by atoms with E-state index in [1.165, 1.54) is 25.1 Å². The molecular formula is C16H15FN2O5. The number of nitro groups is 1. The average Bonchev–Trinajstić information content (AvgIpc) is 2.54. The number of nitrogens with zero attached hydrogens (tertiary/aromatic N) is 1. The van der Waals surface area contributed by atoms with Crippen LogP contribution in [0.25, 0.3) is 0 Å². The second-order valence-corrected chi connectivity index (χ2v) is 5.06. The summed E-state index contributed by atoms with van der Waals surface area (Å²) in [4.78, 5) is 21.8. The van der Waals surface area contributed by atoms with E-state index in [4.69, 9.17) is 9.84 Å². The van der Waals surface area contributed by atoms with E-state index >= 15 is 0 Å². The topological polar surface area (TPSA) is 102 Å². The minimum absolute atomic E-state index is 0.0981. The Morgan fingerprint density at radius 2 is 2.12 bits per heavy atom. The van der Waals surface area contributed by atoms with Gasteiger partial charge in [0.2, 0.25) is 0 Å². The normalized spacial score (nSPS) is 11.6. The number of nitro benzene ring substituents is 1. The van der Waals surface area contributed by atoms with E-state index in [-0.39, 0.29) is 29.3 Å². The third kappa shape index (κ3) is 4.50. The Morgan fingerprint density at radius 1 is 1.38 bits per heavy atom. The van der Waals surface area contributed by atoms with Crippen molar-refractivity contribution in [2.45, 2.75) is 13.0 Å². The Balaban J connectivity index is 2.15. The van der Waals surface area contributed by atoms with Crippen molar-refractivity contribution in [2.24, 2.45) is 0 Å². The van der Waals surface area contributed by atoms with Crippen molar-refractivity contribution in [2.75, 3.05) is 6.54 Å². The Morgan fingerprint density at radius 3 is 2.75 bits per heavy atom. The van der Waals surface area contributed by atoms with Crippen molar-refractivity contribution < 1.29 is 24.0 Å². The van der Waals surface area contributed by atoms with Crippen LogP contribution in [0.5, 0.6) is 11.5 Å². The van der Waals surface area contributed by atoms with Crippen molar-refractivity contribution in [1.29, 1.82) is 0 Å². The van der Waals surface area contributed by atoms with Gasteiger partial charge in [0.05, 0.1) is 17.1 Å². The molecule has 7 nitrogen and oxygen atoms in total. The number of amides is 1. The number of nitrogens with one attached hydrogen (secondary N) is 1. The first-order valence-electron chi connectivity index (χ1n) is 7.05. The summed E-state index contributed by atoms with van der Waals surface area (Å²) in [6.45, 7) is 1.64. The standard InChI is InChI=1S/C16H15FN2O5/c1-10(20)9-18-16(21)11-3-2-4-13(7-11)24-15-6-5-12(19(22)23)8-14(15)17/h2-8,10,20H,9H2,1H3,(H,18,21)/t10-/m1/s1. The van der Waals surface area contributed by atoms with Crippen molar-refractivity contribution in [3.8, 4) is 11.5 Å². The van der Waals surface area contributed by atoms with Gasteiger partial charge in [0.25, 0.3) is 11.6 Å². The Labute approximate surface area is 136 Å². The zero-order chi connectivity index (χ0) is 17.7. The Bertz CT molecular complexity index is 764. The van der Waals surface area contributed by atoms with Gasteiger partial charge in [-0.15, -0.1) is 0 Å². The number of rotatable bonds is 6. The first-order valence-corrected chi connectivity index (χ1v) is 7.05. The molecule has 0 aromatic heterocycles. The lowest BCUT2D eigenvalue weighted by Crippen LogP contribution is -2.30. The van der Waals surface area contributed by atoms with E-state index in [0.717, 1.165) is 18.2 Å². The van der Waals surface area contributed by atoms with Gasteiger partial charge in [0, 0.05) is 18.2 Å². The van der Waals surface area contributed by atoms with Crippen molar-refractivity contribution >= 4 is 11.6 Å². The number of carbonyl (C=O) groups is 1. The molecule has 1 amide bonds. The smallest absolute Gasteiger partial charge is 0.272 e. The number of hydrogen-bond acceptors (Lipinski definition) is 5. The number of hydrogen-bond donors (Lipinski definition) is 2. The number of non-ortho nitro benzene ring substituents is 1. The van der Waals surface area contributed by atoms with E-state index in [1.807, 2.05) is 0 Å². The summed E-state index contributed by atoms with van der Waals surface area (Å²) in [6.07, 6.45) is -0.678. The van der Waals surface area contributed by atoms with Crippen molar-refractivity contribution in [3.05, 3.63) is 64.0 Å². The van der Waals surface area contributed by atoms with Crippen LogP contribution >= 0.6 is 0 Å². The highest BCUT2D eigenvalue weighted by atomic mass is 19.1. The van der Waals surface area contributed by atoms with E-state index in [1.54, 1.807) is 6.07 Å². The molecule has 0 aliphatic heterocycles. The molecule has 0 unspecified atom stereocenters. The number of carbonyl (C=O) groups excluding carboxylic acids is 1. The minimum atomic E-state index is -0.881. The molecule has 0 bridgehead atoms. The molecule has 24 heavy (non-hydrogen) atoms. The summed E-state index contributed by atoms with van der Waals surface area (Å²) in [7, 11) is 0. The molecule has 8 heteroatoms. The van der Waals surface area contributed by atoms with Crippen LogP contribution in [0.15, 0.2) is 42.5 Å². The molecule has 2 aromatic carbocycles. The maximum absolute atomic E-state index is 13.8. The summed E-state index contributed by atoms with van der Waals surface area (Å²) in [5.74, 6) is -1.28. The monoisotopic (exact) mass is 334 g/mol. The number of ether oxygens (including phenoxy) is 1. The quantitative estimate of drug-likeness (QED) is 0.624. The SMILES string of the molecule is C[C@@H](O)CNC(=O)c1cccc(Oc2ccc([N+](=O)[O-])cc2F)c1. The molecule has 0 aliphatic rings. The molecule has 2 aromatic rings. The molecule has 1 atom stereocenters. The van der Waals surface area contributed by atoms with Crippen LogP contribution in [-0.2, 0) is 0 Å². The number of aliphatic hydroxyl groups excluding tert-OH is 1. The van der Waals surface area contributed by atoms with Gasteiger partial charge in [-0.2, -0.15) is 0 Å². The molecule has 2 rings (SSSR count). The molecule has 0 radical (unpaired) electrons. The first-order chi connectivity index (χ1) is 11.4. The fourth-order valence-corrected chi connectivity index (χ4v) is 1.86. The van der Waals surface area contributed by atoms with Gasteiger partial charge in [0.1, 0.15) is 5.75 Å². The molecule has 0 fully saturated rings. The fraction of sp³-hybridized carbons (Fsp3) is 0.188. The summed E-state index contributed by atoms with van der Waals surface area (Å²) >= 11 is 0. The zero-order valence-electron chi connectivity index (χ0n) is 12.7. The summed E-state index contributed by atoms with van der Waals surface area (Å²) in [5, 5.41) is 22.3. The highest BCUT2D eigenvalue weighted by molar-refractivity contribution is 5.94. The van der Waals surface area contributed by atoms with E-state index in [9.17, 15) is 19.3 Å². The fourth-order valence-electron chi connectivity index (χ4n) is 1.86. The van der Waals surface area contributed by atoms with E-state index in [0.29, 0.717) is 0 Å². The highest BCUT2D eigenvalue weighted by Crippen LogP contribution is 2.27. The third-order valence-corrected chi connectivity index (χ3v) is 3.01. The molecule has 0 saturated carbocycles. The number of halogens is 1. The predicted octanol–water partition coefficient (Wildman–Crippen LogP) is 2.64.